The number of hydrogen-bond acceptors (Lipinski definition) is 3. The van der Waals surface area contributed by atoms with Crippen LogP contribution in [-0.4, -0.2) is 36.3 Å². The van der Waals surface area contributed by atoms with Gasteiger partial charge in [0.1, 0.15) is 11.4 Å². The van der Waals surface area contributed by atoms with E-state index in [1.54, 1.807) is 0 Å². The molecule has 0 aliphatic carbocycles. The fourth-order valence-electron chi connectivity index (χ4n) is 1.89. The van der Waals surface area contributed by atoms with Crippen molar-refractivity contribution in [1.82, 2.24) is 10.2 Å². The summed E-state index contributed by atoms with van der Waals surface area (Å²) in [4.78, 5) is 24.5. The minimum atomic E-state index is -1.06. The van der Waals surface area contributed by atoms with Gasteiger partial charge >= 0.3 is 0 Å². The molecular weight excluding hydrogens is 256 g/mol. The summed E-state index contributed by atoms with van der Waals surface area (Å²) in [5, 5.41) is 2.58. The molecule has 1 fully saturated rings. The number of rotatable bonds is 1. The smallest absolute Gasteiger partial charge is 0.259 e. The number of anilines is 1. The van der Waals surface area contributed by atoms with Crippen LogP contribution >= 0.6 is 0 Å². The Labute approximate surface area is 108 Å². The van der Waals surface area contributed by atoms with Crippen LogP contribution in [0.1, 0.15) is 16.8 Å². The summed E-state index contributed by atoms with van der Waals surface area (Å²) in [6.07, 6.45) is 0.108. The first-order valence-electron chi connectivity index (χ1n) is 5.80. The number of nitrogens with two attached hydrogens (primary N) is 1. The van der Waals surface area contributed by atoms with Crippen molar-refractivity contribution in [1.29, 1.82) is 0 Å². The maximum atomic E-state index is 13.8. The zero-order chi connectivity index (χ0) is 14.0. The van der Waals surface area contributed by atoms with Gasteiger partial charge in [-0.25, -0.2) is 8.78 Å². The molecule has 0 saturated carbocycles. The summed E-state index contributed by atoms with van der Waals surface area (Å²) >= 11 is 0. The Hall–Kier alpha value is -2.18. The van der Waals surface area contributed by atoms with Gasteiger partial charge in [0.2, 0.25) is 5.91 Å². The molecule has 0 spiro atoms. The summed E-state index contributed by atoms with van der Waals surface area (Å²) in [5.74, 6) is -3.00. The van der Waals surface area contributed by atoms with Crippen molar-refractivity contribution in [3.63, 3.8) is 0 Å². The van der Waals surface area contributed by atoms with Gasteiger partial charge in [-0.2, -0.15) is 0 Å². The topological polar surface area (TPSA) is 75.4 Å². The molecule has 0 radical (unpaired) electrons. The van der Waals surface area contributed by atoms with E-state index in [0.29, 0.717) is 0 Å². The van der Waals surface area contributed by atoms with Crippen LogP contribution in [0.4, 0.5) is 14.5 Å². The molecule has 1 aliphatic heterocycles. The fourth-order valence-corrected chi connectivity index (χ4v) is 1.89. The average molecular weight is 269 g/mol. The van der Waals surface area contributed by atoms with Gasteiger partial charge < -0.3 is 16.0 Å². The van der Waals surface area contributed by atoms with Crippen LogP contribution in [0.3, 0.4) is 0 Å². The second-order valence-corrected chi connectivity index (χ2v) is 4.22. The standard InChI is InChI=1S/C12H13F2N3O2/c13-7-1-2-8(15)11(14)10(7)12(19)17-5-3-9(18)16-4-6-17/h1-2H,3-6,15H2,(H,16,18). The number of halogens is 2. The Morgan fingerprint density at radius 3 is 2.79 bits per heavy atom. The van der Waals surface area contributed by atoms with Gasteiger partial charge in [-0.3, -0.25) is 9.59 Å². The van der Waals surface area contributed by atoms with Crippen LogP contribution in [0.15, 0.2) is 12.1 Å². The molecule has 1 heterocycles. The van der Waals surface area contributed by atoms with Crippen LogP contribution in [0.25, 0.3) is 0 Å². The van der Waals surface area contributed by atoms with E-state index in [9.17, 15) is 18.4 Å². The molecule has 1 aromatic carbocycles. The Morgan fingerprint density at radius 1 is 1.32 bits per heavy atom. The first kappa shape index (κ1) is 13.3. The highest BCUT2D eigenvalue weighted by molar-refractivity contribution is 5.96. The first-order chi connectivity index (χ1) is 9.00. The SMILES string of the molecule is Nc1ccc(F)c(C(=O)N2CCNC(=O)CC2)c1F. The lowest BCUT2D eigenvalue weighted by Crippen LogP contribution is -2.35. The van der Waals surface area contributed by atoms with Crippen LogP contribution in [-0.2, 0) is 4.79 Å². The van der Waals surface area contributed by atoms with E-state index in [2.05, 4.69) is 5.32 Å². The highest BCUT2D eigenvalue weighted by atomic mass is 19.1. The van der Waals surface area contributed by atoms with Gasteiger partial charge in [-0.05, 0) is 12.1 Å². The lowest BCUT2D eigenvalue weighted by Gasteiger charge is -2.20. The number of carbonyl (C=O) groups excluding carboxylic acids is 2. The lowest BCUT2D eigenvalue weighted by atomic mass is 10.1. The molecule has 1 saturated heterocycles. The van der Waals surface area contributed by atoms with E-state index < -0.39 is 23.1 Å². The van der Waals surface area contributed by atoms with Crippen molar-refractivity contribution in [2.75, 3.05) is 25.4 Å². The summed E-state index contributed by atoms with van der Waals surface area (Å²) < 4.78 is 27.3. The molecule has 0 aromatic heterocycles. The predicted molar refractivity (Wildman–Crippen MR) is 64.3 cm³/mol. The van der Waals surface area contributed by atoms with Crippen LogP contribution < -0.4 is 11.1 Å². The average Bonchev–Trinajstić information content (AvgIpc) is 2.59. The molecular formula is C12H13F2N3O2. The maximum Gasteiger partial charge on any atom is 0.259 e. The van der Waals surface area contributed by atoms with E-state index >= 15 is 0 Å². The third-order valence-electron chi connectivity index (χ3n) is 2.93. The van der Waals surface area contributed by atoms with Crippen molar-refractivity contribution in [2.45, 2.75) is 6.42 Å². The molecule has 19 heavy (non-hydrogen) atoms. The van der Waals surface area contributed by atoms with Gasteiger partial charge in [0.05, 0.1) is 5.69 Å². The summed E-state index contributed by atoms with van der Waals surface area (Å²) in [7, 11) is 0. The number of hydrogen-bond donors (Lipinski definition) is 2. The van der Waals surface area contributed by atoms with Gasteiger partial charge in [-0.1, -0.05) is 0 Å². The highest BCUT2D eigenvalue weighted by Gasteiger charge is 2.26. The van der Waals surface area contributed by atoms with Gasteiger partial charge in [-0.15, -0.1) is 0 Å². The molecule has 1 aromatic rings. The minimum absolute atomic E-state index is 0.108. The zero-order valence-electron chi connectivity index (χ0n) is 10.1. The zero-order valence-corrected chi connectivity index (χ0v) is 10.1. The summed E-state index contributed by atoms with van der Waals surface area (Å²) in [6, 6.07) is 2.02. The Morgan fingerprint density at radius 2 is 2.05 bits per heavy atom. The van der Waals surface area contributed by atoms with E-state index in [1.807, 2.05) is 0 Å². The van der Waals surface area contributed by atoms with Gasteiger partial charge in [0, 0.05) is 26.1 Å². The molecule has 0 unspecified atom stereocenters. The number of carbonyl (C=O) groups is 2. The van der Waals surface area contributed by atoms with Gasteiger partial charge in [0.15, 0.2) is 5.82 Å². The number of nitrogen functional groups attached to an aromatic ring is 1. The number of nitrogens with zero attached hydrogens (tertiary/aromatic N) is 1. The predicted octanol–water partition coefficient (Wildman–Crippen LogP) is 0.509. The molecule has 5 nitrogen and oxygen atoms in total. The van der Waals surface area contributed by atoms with Crippen molar-refractivity contribution >= 4 is 17.5 Å². The van der Waals surface area contributed by atoms with E-state index in [-0.39, 0.29) is 37.6 Å². The maximum absolute atomic E-state index is 13.8. The minimum Gasteiger partial charge on any atom is -0.396 e. The quantitative estimate of drug-likeness (QED) is 0.729. The third kappa shape index (κ3) is 2.64. The largest absolute Gasteiger partial charge is 0.396 e. The Kier molecular flexibility index (Phi) is 3.64. The van der Waals surface area contributed by atoms with E-state index in [1.165, 1.54) is 4.90 Å². The number of benzene rings is 1. The second-order valence-electron chi connectivity index (χ2n) is 4.22. The van der Waals surface area contributed by atoms with Crippen molar-refractivity contribution in [3.8, 4) is 0 Å². The molecule has 3 N–H and O–H groups in total. The molecule has 0 bridgehead atoms. The van der Waals surface area contributed by atoms with Gasteiger partial charge in [0.25, 0.3) is 5.91 Å². The van der Waals surface area contributed by atoms with Crippen molar-refractivity contribution in [3.05, 3.63) is 29.3 Å². The number of nitrogens with one attached hydrogen (secondary N) is 1. The van der Waals surface area contributed by atoms with E-state index in [0.717, 1.165) is 12.1 Å². The monoisotopic (exact) mass is 269 g/mol. The van der Waals surface area contributed by atoms with Crippen LogP contribution in [0, 0.1) is 11.6 Å². The summed E-state index contributed by atoms with van der Waals surface area (Å²) in [5.41, 5.74) is 4.38. The Bertz CT molecular complexity index is 534. The van der Waals surface area contributed by atoms with Crippen LogP contribution in [0.2, 0.25) is 0 Å². The van der Waals surface area contributed by atoms with Crippen molar-refractivity contribution < 1.29 is 18.4 Å². The molecule has 2 rings (SSSR count). The summed E-state index contributed by atoms with van der Waals surface area (Å²) in [6.45, 7) is 0.590. The van der Waals surface area contributed by atoms with Crippen LogP contribution in [0.5, 0.6) is 0 Å². The molecule has 0 atom stereocenters. The lowest BCUT2D eigenvalue weighted by molar-refractivity contribution is -0.120. The van der Waals surface area contributed by atoms with Crippen molar-refractivity contribution in [2.24, 2.45) is 0 Å². The highest BCUT2D eigenvalue weighted by Crippen LogP contribution is 2.20. The first-order valence-corrected chi connectivity index (χ1v) is 5.80. The molecule has 102 valence electrons. The molecule has 1 aliphatic rings. The molecule has 7 heteroatoms. The second kappa shape index (κ2) is 5.21. The fraction of sp³-hybridized carbons (Fsp3) is 0.333. The normalized spacial score (nSPS) is 15.9. The Balaban J connectivity index is 2.29. The molecule has 2 amide bonds. The van der Waals surface area contributed by atoms with E-state index in [4.69, 9.17) is 5.73 Å². The third-order valence-corrected chi connectivity index (χ3v) is 2.93. The number of amides is 2.